The normalized spacial score (nSPS) is 15.1. The topological polar surface area (TPSA) is 78.8 Å². The molecule has 192 valence electrons. The van der Waals surface area contributed by atoms with Crippen molar-refractivity contribution in [1.29, 1.82) is 0 Å². The monoisotopic (exact) mass is 498 g/mol. The summed E-state index contributed by atoms with van der Waals surface area (Å²) in [5, 5.41) is 3.00. The molecule has 4 aromatic rings. The molecule has 7 nitrogen and oxygen atoms in total. The Balaban J connectivity index is 1.56. The minimum absolute atomic E-state index is 0.0948. The van der Waals surface area contributed by atoms with Gasteiger partial charge in [0, 0.05) is 65.5 Å². The van der Waals surface area contributed by atoms with Gasteiger partial charge in [-0.2, -0.15) is 0 Å². The van der Waals surface area contributed by atoms with E-state index in [-0.39, 0.29) is 24.1 Å². The molecule has 1 amide bonds. The van der Waals surface area contributed by atoms with Crippen LogP contribution in [-0.2, 0) is 11.3 Å². The number of benzene rings is 1. The molecule has 1 aliphatic heterocycles. The van der Waals surface area contributed by atoms with Gasteiger partial charge in [0.15, 0.2) is 0 Å². The lowest BCUT2D eigenvalue weighted by molar-refractivity contribution is 0.0187. The van der Waals surface area contributed by atoms with Crippen molar-refractivity contribution >= 4 is 11.4 Å². The number of rotatable bonds is 6. The molecule has 7 heteroatoms. The lowest BCUT2D eigenvalue weighted by atomic mass is 10.0. The molecule has 1 fully saturated rings. The number of aromatic nitrogens is 2. The number of aryl methyl sites for hydroxylation is 2. The van der Waals surface area contributed by atoms with Gasteiger partial charge < -0.3 is 19.4 Å². The number of pyridine rings is 2. The van der Waals surface area contributed by atoms with Gasteiger partial charge in [-0.15, -0.1) is 0 Å². The first-order valence-corrected chi connectivity index (χ1v) is 12.8. The van der Waals surface area contributed by atoms with E-state index in [1.165, 1.54) is 0 Å². The Bertz CT molecular complexity index is 1500. The highest BCUT2D eigenvalue weighted by atomic mass is 16.5. The number of nitrogens with one attached hydrogen (secondary N) is 2. The van der Waals surface area contributed by atoms with E-state index >= 15 is 0 Å². The molecular formula is C30H34N4O3. The van der Waals surface area contributed by atoms with Crippen LogP contribution in [0.2, 0.25) is 0 Å². The fourth-order valence-corrected chi connectivity index (χ4v) is 5.42. The van der Waals surface area contributed by atoms with Gasteiger partial charge in [-0.05, 0) is 62.6 Å². The summed E-state index contributed by atoms with van der Waals surface area (Å²) in [5.74, 6) is -0.183. The first-order chi connectivity index (χ1) is 17.8. The molecule has 2 N–H and O–H groups in total. The number of fused-ring (bicyclic) bond motifs is 1. The van der Waals surface area contributed by atoms with Crippen molar-refractivity contribution in [3.8, 4) is 11.1 Å². The summed E-state index contributed by atoms with van der Waals surface area (Å²) in [4.78, 5) is 31.3. The predicted molar refractivity (Wildman–Crippen MR) is 146 cm³/mol. The highest BCUT2D eigenvalue weighted by molar-refractivity contribution is 5.97. The average molecular weight is 499 g/mol. The van der Waals surface area contributed by atoms with Crippen molar-refractivity contribution in [3.05, 3.63) is 98.7 Å². The van der Waals surface area contributed by atoms with Crippen molar-refractivity contribution in [2.24, 2.45) is 0 Å². The van der Waals surface area contributed by atoms with Gasteiger partial charge in [0.2, 0.25) is 0 Å². The van der Waals surface area contributed by atoms with Crippen LogP contribution in [0, 0.1) is 20.8 Å². The second-order valence-corrected chi connectivity index (χ2v) is 9.91. The van der Waals surface area contributed by atoms with Crippen molar-refractivity contribution in [3.63, 3.8) is 0 Å². The van der Waals surface area contributed by atoms with Gasteiger partial charge in [0.05, 0.1) is 13.2 Å². The van der Waals surface area contributed by atoms with Crippen LogP contribution in [-0.4, -0.2) is 46.5 Å². The fourth-order valence-electron chi connectivity index (χ4n) is 5.42. The Labute approximate surface area is 217 Å². The standard InChI is InChI=1S/C30H34N4O3/c1-19-14-20(2)32-30(36)27(19)17-31-29(35)26-16-25-15-24(23-8-6-5-7-9-23)18-34(25)28(21(26)3)22(4)33-10-12-37-13-11-33/h5-9,14-16,18,22H,10-13,17H2,1-4H3,(H,31,35)(H,32,36). The van der Waals surface area contributed by atoms with Crippen LogP contribution in [0.4, 0.5) is 0 Å². The van der Waals surface area contributed by atoms with Crippen LogP contribution < -0.4 is 10.9 Å². The second kappa shape index (κ2) is 10.4. The molecule has 0 aliphatic carbocycles. The van der Waals surface area contributed by atoms with E-state index in [0.29, 0.717) is 24.3 Å². The largest absolute Gasteiger partial charge is 0.379 e. The molecule has 0 bridgehead atoms. The molecule has 1 atom stereocenters. The third-order valence-corrected chi connectivity index (χ3v) is 7.45. The SMILES string of the molecule is Cc1cc(C)c(CNC(=O)c2cc3cc(-c4ccccc4)cn3c(C(C)N3CCOCC3)c2C)c(=O)[nH]1. The van der Waals surface area contributed by atoms with Crippen molar-refractivity contribution < 1.29 is 9.53 Å². The molecule has 37 heavy (non-hydrogen) atoms. The quantitative estimate of drug-likeness (QED) is 0.409. The molecule has 3 aromatic heterocycles. The zero-order valence-electron chi connectivity index (χ0n) is 21.9. The van der Waals surface area contributed by atoms with E-state index in [2.05, 4.69) is 50.9 Å². The smallest absolute Gasteiger partial charge is 0.253 e. The van der Waals surface area contributed by atoms with Crippen LogP contribution in [0.25, 0.3) is 16.6 Å². The number of carbonyl (C=O) groups excluding carboxylic acids is 1. The zero-order valence-corrected chi connectivity index (χ0v) is 21.9. The van der Waals surface area contributed by atoms with Gasteiger partial charge in [-0.25, -0.2) is 0 Å². The van der Waals surface area contributed by atoms with E-state index in [9.17, 15) is 9.59 Å². The average Bonchev–Trinajstić information content (AvgIpc) is 3.32. The minimum atomic E-state index is -0.183. The van der Waals surface area contributed by atoms with Crippen LogP contribution in [0.5, 0.6) is 0 Å². The Morgan fingerprint density at radius 2 is 1.78 bits per heavy atom. The van der Waals surface area contributed by atoms with Crippen LogP contribution >= 0.6 is 0 Å². The number of carbonyl (C=O) groups is 1. The molecule has 4 heterocycles. The lowest BCUT2D eigenvalue weighted by Crippen LogP contribution is -2.39. The maximum Gasteiger partial charge on any atom is 0.253 e. The van der Waals surface area contributed by atoms with Crippen LogP contribution in [0.3, 0.4) is 0 Å². The van der Waals surface area contributed by atoms with E-state index < -0.39 is 0 Å². The number of hydrogen-bond donors (Lipinski definition) is 2. The molecule has 1 unspecified atom stereocenters. The Hall–Kier alpha value is -3.68. The van der Waals surface area contributed by atoms with Gasteiger partial charge in [0.25, 0.3) is 11.5 Å². The number of nitrogens with zero attached hydrogens (tertiary/aromatic N) is 2. The van der Waals surface area contributed by atoms with Gasteiger partial charge in [0.1, 0.15) is 0 Å². The molecule has 5 rings (SSSR count). The van der Waals surface area contributed by atoms with Gasteiger partial charge >= 0.3 is 0 Å². The molecular weight excluding hydrogens is 464 g/mol. The highest BCUT2D eigenvalue weighted by Gasteiger charge is 2.25. The Morgan fingerprint density at radius 3 is 2.49 bits per heavy atom. The Kier molecular flexibility index (Phi) is 7.00. The summed E-state index contributed by atoms with van der Waals surface area (Å²) in [6.45, 7) is 11.3. The maximum absolute atomic E-state index is 13.5. The molecule has 1 aliphatic rings. The third kappa shape index (κ3) is 4.97. The summed E-state index contributed by atoms with van der Waals surface area (Å²) >= 11 is 0. The van der Waals surface area contributed by atoms with Gasteiger partial charge in [-0.3, -0.25) is 14.5 Å². The molecule has 0 spiro atoms. The lowest BCUT2D eigenvalue weighted by Gasteiger charge is -2.34. The second-order valence-electron chi connectivity index (χ2n) is 9.91. The summed E-state index contributed by atoms with van der Waals surface area (Å²) in [5.41, 5.74) is 7.96. The highest BCUT2D eigenvalue weighted by Crippen LogP contribution is 2.32. The minimum Gasteiger partial charge on any atom is -0.379 e. The van der Waals surface area contributed by atoms with Crippen molar-refractivity contribution in [1.82, 2.24) is 19.6 Å². The predicted octanol–water partition coefficient (Wildman–Crippen LogP) is 4.54. The first-order valence-electron chi connectivity index (χ1n) is 12.8. The molecule has 0 radical (unpaired) electrons. The van der Waals surface area contributed by atoms with E-state index in [0.717, 1.165) is 52.2 Å². The van der Waals surface area contributed by atoms with Crippen LogP contribution in [0.1, 0.15) is 51.4 Å². The summed E-state index contributed by atoms with van der Waals surface area (Å²) in [6.07, 6.45) is 2.17. The number of morpholine rings is 1. The number of hydrogen-bond acceptors (Lipinski definition) is 4. The molecule has 1 aromatic carbocycles. The number of amides is 1. The molecule has 0 saturated carbocycles. The van der Waals surface area contributed by atoms with Gasteiger partial charge in [-0.1, -0.05) is 30.3 Å². The Morgan fingerprint density at radius 1 is 1.05 bits per heavy atom. The number of H-pyrrole nitrogens is 1. The zero-order chi connectivity index (χ0) is 26.1. The summed E-state index contributed by atoms with van der Waals surface area (Å²) in [7, 11) is 0. The van der Waals surface area contributed by atoms with Crippen molar-refractivity contribution in [2.75, 3.05) is 26.3 Å². The van der Waals surface area contributed by atoms with E-state index in [4.69, 9.17) is 4.74 Å². The first kappa shape index (κ1) is 25.0. The van der Waals surface area contributed by atoms with Crippen LogP contribution in [0.15, 0.2) is 59.5 Å². The maximum atomic E-state index is 13.5. The number of ether oxygens (including phenoxy) is 1. The number of aromatic amines is 1. The fraction of sp³-hybridized carbons (Fsp3) is 0.333. The summed E-state index contributed by atoms with van der Waals surface area (Å²) < 4.78 is 7.81. The van der Waals surface area contributed by atoms with E-state index in [1.54, 1.807) is 0 Å². The van der Waals surface area contributed by atoms with E-state index in [1.807, 2.05) is 51.1 Å². The van der Waals surface area contributed by atoms with Crippen molar-refractivity contribution in [2.45, 2.75) is 40.3 Å². The molecule has 1 saturated heterocycles. The summed E-state index contributed by atoms with van der Waals surface area (Å²) in [6, 6.07) is 16.4. The third-order valence-electron chi connectivity index (χ3n) is 7.45.